The molecule has 3 unspecified atom stereocenters. The van der Waals surface area contributed by atoms with Crippen molar-refractivity contribution in [3.63, 3.8) is 0 Å². The lowest BCUT2D eigenvalue weighted by molar-refractivity contribution is -0.145. The van der Waals surface area contributed by atoms with Gasteiger partial charge in [0.25, 0.3) is 0 Å². The second kappa shape index (κ2) is 11.7. The normalized spacial score (nSPS) is 29.8. The molecule has 3 amide bonds. The lowest BCUT2D eigenvalue weighted by Crippen LogP contribution is -2.56. The van der Waals surface area contributed by atoms with Crippen LogP contribution >= 0.6 is 27.7 Å². The molecule has 0 aromatic heterocycles. The number of rotatable bonds is 12. The van der Waals surface area contributed by atoms with Crippen LogP contribution in [-0.2, 0) is 20.9 Å². The van der Waals surface area contributed by atoms with Crippen molar-refractivity contribution < 1.29 is 19.5 Å². The molecule has 37 heavy (non-hydrogen) atoms. The molecule has 6 atom stereocenters. The summed E-state index contributed by atoms with van der Waals surface area (Å²) < 4.78 is -0.731. The van der Waals surface area contributed by atoms with E-state index in [2.05, 4.69) is 29.1 Å². The predicted molar refractivity (Wildman–Crippen MR) is 150 cm³/mol. The SMILES string of the molecule is C=CCN(Cc1ccccc1)C(=O)C1N(CCO)C(=O)[C@@H]2[C@@H](C(=O)N(CC=C)CCC)[C@@H]3SC12CC3Br. The number of aliphatic hydroxyl groups excluding tert-OH is 1. The first-order chi connectivity index (χ1) is 17.8. The van der Waals surface area contributed by atoms with Crippen LogP contribution in [0.15, 0.2) is 55.6 Å². The van der Waals surface area contributed by atoms with Gasteiger partial charge < -0.3 is 19.8 Å². The Morgan fingerprint density at radius 3 is 2.49 bits per heavy atom. The molecule has 1 spiro atoms. The largest absolute Gasteiger partial charge is 0.395 e. The molecule has 9 heteroatoms. The van der Waals surface area contributed by atoms with Crippen LogP contribution in [0.4, 0.5) is 0 Å². The molecule has 1 aromatic carbocycles. The van der Waals surface area contributed by atoms with Crippen molar-refractivity contribution in [2.24, 2.45) is 11.8 Å². The molecule has 1 aromatic rings. The van der Waals surface area contributed by atoms with E-state index in [1.165, 1.54) is 0 Å². The van der Waals surface area contributed by atoms with Crippen molar-refractivity contribution in [2.45, 2.75) is 47.2 Å². The molecule has 200 valence electrons. The van der Waals surface area contributed by atoms with E-state index >= 15 is 0 Å². The summed E-state index contributed by atoms with van der Waals surface area (Å²) >= 11 is 5.43. The maximum absolute atomic E-state index is 14.3. The molecular weight excluding hydrogens is 554 g/mol. The smallest absolute Gasteiger partial charge is 0.247 e. The zero-order valence-corrected chi connectivity index (χ0v) is 23.7. The number of nitrogens with zero attached hydrogens (tertiary/aromatic N) is 3. The highest BCUT2D eigenvalue weighted by molar-refractivity contribution is 9.09. The molecule has 0 radical (unpaired) electrons. The summed E-state index contributed by atoms with van der Waals surface area (Å²) in [5, 5.41) is 9.77. The Morgan fingerprint density at radius 2 is 1.86 bits per heavy atom. The van der Waals surface area contributed by atoms with E-state index in [-0.39, 0.29) is 41.0 Å². The van der Waals surface area contributed by atoms with Crippen LogP contribution < -0.4 is 0 Å². The minimum absolute atomic E-state index is 0.00839. The fraction of sp³-hybridized carbons (Fsp3) is 0.536. The minimum atomic E-state index is -0.757. The highest BCUT2D eigenvalue weighted by atomic mass is 79.9. The van der Waals surface area contributed by atoms with Crippen LogP contribution in [-0.4, -0.2) is 91.2 Å². The molecule has 2 bridgehead atoms. The molecule has 0 aliphatic carbocycles. The first-order valence-electron chi connectivity index (χ1n) is 12.9. The Hall–Kier alpha value is -2.10. The number of hydrogen-bond acceptors (Lipinski definition) is 5. The average molecular weight is 591 g/mol. The monoisotopic (exact) mass is 589 g/mol. The van der Waals surface area contributed by atoms with Crippen molar-refractivity contribution >= 4 is 45.4 Å². The predicted octanol–water partition coefficient (Wildman–Crippen LogP) is 3.08. The third-order valence-electron chi connectivity index (χ3n) is 7.68. The van der Waals surface area contributed by atoms with Crippen molar-refractivity contribution in [1.82, 2.24) is 14.7 Å². The van der Waals surface area contributed by atoms with Gasteiger partial charge in [-0.05, 0) is 18.4 Å². The number of fused-ring (bicyclic) bond motifs is 1. The summed E-state index contributed by atoms with van der Waals surface area (Å²) in [5.41, 5.74) is 0.985. The van der Waals surface area contributed by atoms with Gasteiger partial charge in [-0.25, -0.2) is 0 Å². The van der Waals surface area contributed by atoms with Gasteiger partial charge >= 0.3 is 0 Å². The van der Waals surface area contributed by atoms with Gasteiger partial charge in [0, 0.05) is 42.8 Å². The number of likely N-dealkylation sites (tertiary alicyclic amines) is 1. The fourth-order valence-electron chi connectivity index (χ4n) is 6.33. The van der Waals surface area contributed by atoms with Crippen molar-refractivity contribution in [3.05, 3.63) is 61.2 Å². The summed E-state index contributed by atoms with van der Waals surface area (Å²) in [5.74, 6) is -1.54. The number of β-amino-alcohol motifs (C(OH)–C–C–N with tert-alkyl or cyclic N) is 1. The van der Waals surface area contributed by atoms with Gasteiger partial charge in [0.2, 0.25) is 17.7 Å². The van der Waals surface area contributed by atoms with Crippen LogP contribution in [0.2, 0.25) is 0 Å². The number of carbonyl (C=O) groups excluding carboxylic acids is 3. The average Bonchev–Trinajstić information content (AvgIpc) is 3.47. The third-order valence-corrected chi connectivity index (χ3v) is 10.9. The molecule has 3 fully saturated rings. The summed E-state index contributed by atoms with van der Waals surface area (Å²) in [6.07, 6.45) is 4.83. The number of alkyl halides is 1. The number of amides is 3. The quantitative estimate of drug-likeness (QED) is 0.299. The van der Waals surface area contributed by atoms with Gasteiger partial charge in [-0.3, -0.25) is 14.4 Å². The first kappa shape index (κ1) is 27.9. The van der Waals surface area contributed by atoms with Crippen molar-refractivity contribution in [1.29, 1.82) is 0 Å². The van der Waals surface area contributed by atoms with Crippen LogP contribution in [0.1, 0.15) is 25.3 Å². The van der Waals surface area contributed by atoms with E-state index < -0.39 is 22.6 Å². The maximum Gasteiger partial charge on any atom is 0.247 e. The minimum Gasteiger partial charge on any atom is -0.395 e. The van der Waals surface area contributed by atoms with Gasteiger partial charge in [-0.1, -0.05) is 65.3 Å². The Balaban J connectivity index is 1.73. The summed E-state index contributed by atoms with van der Waals surface area (Å²) in [6.45, 7) is 11.2. The molecule has 3 saturated heterocycles. The summed E-state index contributed by atoms with van der Waals surface area (Å²) in [6, 6.07) is 8.98. The summed E-state index contributed by atoms with van der Waals surface area (Å²) in [7, 11) is 0. The second-order valence-corrected chi connectivity index (χ2v) is 12.7. The Morgan fingerprint density at radius 1 is 1.19 bits per heavy atom. The lowest BCUT2D eigenvalue weighted by Gasteiger charge is -2.38. The van der Waals surface area contributed by atoms with Crippen LogP contribution in [0, 0.1) is 11.8 Å². The van der Waals surface area contributed by atoms with Gasteiger partial charge in [0.05, 0.1) is 23.2 Å². The summed E-state index contributed by atoms with van der Waals surface area (Å²) in [4.78, 5) is 47.2. The number of thioether (sulfide) groups is 1. The molecule has 7 nitrogen and oxygen atoms in total. The Labute approximate surface area is 232 Å². The molecule has 3 aliphatic heterocycles. The number of hydrogen-bond donors (Lipinski definition) is 1. The molecule has 4 rings (SSSR count). The van der Waals surface area contributed by atoms with Crippen LogP contribution in [0.5, 0.6) is 0 Å². The Kier molecular flexibility index (Phi) is 8.86. The van der Waals surface area contributed by atoms with Gasteiger partial charge in [0.15, 0.2) is 0 Å². The molecule has 1 N–H and O–H groups in total. The number of carbonyl (C=O) groups is 3. The van der Waals surface area contributed by atoms with E-state index in [0.29, 0.717) is 32.6 Å². The van der Waals surface area contributed by atoms with E-state index in [4.69, 9.17) is 0 Å². The first-order valence-corrected chi connectivity index (χ1v) is 14.7. The highest BCUT2D eigenvalue weighted by Crippen LogP contribution is 2.68. The third kappa shape index (κ3) is 4.90. The standard InChI is InChI=1S/C28H36BrN3O4S/c1-4-12-30(13-5-2)25(34)21-22-26(35)32(15-16-33)24(28(22)17-20(29)23(21)37-28)27(36)31(14-6-3)18-19-10-8-7-9-11-19/h4,6-11,20-24,33H,1,3,5,12-18H2,2H3/t20?,21-,22+,23-,24?,28?/m1/s1. The zero-order valence-electron chi connectivity index (χ0n) is 21.3. The van der Waals surface area contributed by atoms with Crippen LogP contribution in [0.3, 0.4) is 0 Å². The van der Waals surface area contributed by atoms with E-state index in [9.17, 15) is 19.5 Å². The fourth-order valence-corrected chi connectivity index (χ4v) is 9.93. The van der Waals surface area contributed by atoms with Gasteiger partial charge in [-0.2, -0.15) is 0 Å². The van der Waals surface area contributed by atoms with Gasteiger partial charge in [-0.15, -0.1) is 24.9 Å². The maximum atomic E-state index is 14.3. The van der Waals surface area contributed by atoms with E-state index in [0.717, 1.165) is 12.0 Å². The van der Waals surface area contributed by atoms with Crippen molar-refractivity contribution in [2.75, 3.05) is 32.8 Å². The van der Waals surface area contributed by atoms with E-state index in [1.54, 1.807) is 38.6 Å². The zero-order chi connectivity index (χ0) is 26.7. The molecule has 0 saturated carbocycles. The lowest BCUT2D eigenvalue weighted by atomic mass is 9.70. The number of aliphatic hydroxyl groups is 1. The number of benzene rings is 1. The van der Waals surface area contributed by atoms with Crippen molar-refractivity contribution in [3.8, 4) is 0 Å². The molecular formula is C28H36BrN3O4S. The molecule has 3 aliphatic rings. The van der Waals surface area contributed by atoms with E-state index in [1.807, 2.05) is 37.3 Å². The highest BCUT2D eigenvalue weighted by Gasteiger charge is 2.76. The topological polar surface area (TPSA) is 81.2 Å². The molecule has 3 heterocycles. The second-order valence-electron chi connectivity index (χ2n) is 9.98. The number of halogens is 1. The van der Waals surface area contributed by atoms with Crippen LogP contribution in [0.25, 0.3) is 0 Å². The Bertz CT molecular complexity index is 1040. The van der Waals surface area contributed by atoms with Gasteiger partial charge in [0.1, 0.15) is 6.04 Å².